The van der Waals surface area contributed by atoms with E-state index in [0.29, 0.717) is 5.01 Å². The van der Waals surface area contributed by atoms with Crippen LogP contribution in [0.25, 0.3) is 0 Å². The van der Waals surface area contributed by atoms with Crippen molar-refractivity contribution in [3.63, 3.8) is 0 Å². The van der Waals surface area contributed by atoms with Crippen molar-refractivity contribution in [1.82, 2.24) is 4.98 Å². The van der Waals surface area contributed by atoms with Crippen molar-refractivity contribution < 1.29 is 18.0 Å². The standard InChI is InChI=1S/C14H12F3NOS/c1-8-9(2)20-13(18-8)7-12(19)10-4-3-5-11(6-10)14(15,16)17/h3-6H,7H2,1-2H3. The zero-order valence-corrected chi connectivity index (χ0v) is 11.7. The highest BCUT2D eigenvalue weighted by atomic mass is 32.1. The van der Waals surface area contributed by atoms with E-state index in [0.717, 1.165) is 22.7 Å². The number of aromatic nitrogens is 1. The van der Waals surface area contributed by atoms with Crippen molar-refractivity contribution in [3.05, 3.63) is 51.0 Å². The molecule has 1 aromatic carbocycles. The maximum absolute atomic E-state index is 12.6. The van der Waals surface area contributed by atoms with Crippen LogP contribution in [-0.2, 0) is 12.6 Å². The molecule has 2 nitrogen and oxygen atoms in total. The number of hydrogen-bond acceptors (Lipinski definition) is 3. The molecule has 0 aliphatic heterocycles. The Hall–Kier alpha value is -1.69. The third-order valence-electron chi connectivity index (χ3n) is 2.90. The Balaban J connectivity index is 2.21. The predicted molar refractivity (Wildman–Crippen MR) is 71.1 cm³/mol. The lowest BCUT2D eigenvalue weighted by molar-refractivity contribution is -0.137. The van der Waals surface area contributed by atoms with Crippen LogP contribution in [0.4, 0.5) is 13.2 Å². The molecule has 0 amide bonds. The normalized spacial score (nSPS) is 11.7. The molecule has 6 heteroatoms. The van der Waals surface area contributed by atoms with Gasteiger partial charge in [-0.25, -0.2) is 4.98 Å². The first-order valence-corrected chi connectivity index (χ1v) is 6.72. The fourth-order valence-electron chi connectivity index (χ4n) is 1.72. The molecule has 20 heavy (non-hydrogen) atoms. The Morgan fingerprint density at radius 1 is 1.30 bits per heavy atom. The number of Topliss-reactive ketones (excluding diaryl/α,β-unsaturated/α-hetero) is 1. The zero-order chi connectivity index (χ0) is 14.9. The number of nitrogens with zero attached hydrogens (tertiary/aromatic N) is 1. The minimum atomic E-state index is -4.44. The van der Waals surface area contributed by atoms with E-state index in [1.165, 1.54) is 23.5 Å². The van der Waals surface area contributed by atoms with Gasteiger partial charge in [0.15, 0.2) is 5.78 Å². The number of aryl methyl sites for hydroxylation is 2. The van der Waals surface area contributed by atoms with Crippen molar-refractivity contribution in [2.24, 2.45) is 0 Å². The average Bonchev–Trinajstić information content (AvgIpc) is 2.67. The third kappa shape index (κ3) is 3.25. The molecule has 0 fully saturated rings. The molecule has 0 saturated heterocycles. The second-order valence-electron chi connectivity index (χ2n) is 4.43. The molecule has 1 aromatic heterocycles. The maximum atomic E-state index is 12.6. The van der Waals surface area contributed by atoms with Crippen LogP contribution in [0.5, 0.6) is 0 Å². The van der Waals surface area contributed by atoms with Gasteiger partial charge in [0.05, 0.1) is 17.7 Å². The van der Waals surface area contributed by atoms with E-state index in [-0.39, 0.29) is 17.8 Å². The van der Waals surface area contributed by atoms with E-state index in [1.54, 1.807) is 0 Å². The number of hydrogen-bond donors (Lipinski definition) is 0. The summed E-state index contributed by atoms with van der Waals surface area (Å²) in [5.74, 6) is -0.357. The number of rotatable bonds is 3. The highest BCUT2D eigenvalue weighted by Crippen LogP contribution is 2.30. The summed E-state index contributed by atoms with van der Waals surface area (Å²) >= 11 is 1.39. The van der Waals surface area contributed by atoms with Crippen LogP contribution < -0.4 is 0 Å². The highest BCUT2D eigenvalue weighted by Gasteiger charge is 2.30. The second kappa shape index (κ2) is 5.36. The number of benzene rings is 1. The van der Waals surface area contributed by atoms with Crippen LogP contribution in [0.2, 0.25) is 0 Å². The Labute approximate surface area is 118 Å². The van der Waals surface area contributed by atoms with Crippen molar-refractivity contribution in [1.29, 1.82) is 0 Å². The molecular weight excluding hydrogens is 287 g/mol. The number of carbonyl (C=O) groups is 1. The van der Waals surface area contributed by atoms with Gasteiger partial charge >= 0.3 is 6.18 Å². The number of ketones is 1. The molecule has 2 rings (SSSR count). The molecule has 0 aliphatic carbocycles. The van der Waals surface area contributed by atoms with Gasteiger partial charge in [0.1, 0.15) is 5.01 Å². The van der Waals surface area contributed by atoms with E-state index in [1.807, 2.05) is 13.8 Å². The first kappa shape index (κ1) is 14.7. The SMILES string of the molecule is Cc1nc(CC(=O)c2cccc(C(F)(F)F)c2)sc1C. The summed E-state index contributed by atoms with van der Waals surface area (Å²) < 4.78 is 37.8. The van der Waals surface area contributed by atoms with Crippen LogP contribution in [0.3, 0.4) is 0 Å². The van der Waals surface area contributed by atoms with E-state index in [2.05, 4.69) is 4.98 Å². The van der Waals surface area contributed by atoms with Gasteiger partial charge in [-0.15, -0.1) is 11.3 Å². The topological polar surface area (TPSA) is 30.0 Å². The van der Waals surface area contributed by atoms with Gasteiger partial charge in [-0.3, -0.25) is 4.79 Å². The monoisotopic (exact) mass is 299 g/mol. The fourth-order valence-corrected chi connectivity index (χ4v) is 2.66. The summed E-state index contributed by atoms with van der Waals surface area (Å²) in [4.78, 5) is 17.2. The third-order valence-corrected chi connectivity index (χ3v) is 3.97. The summed E-state index contributed by atoms with van der Waals surface area (Å²) in [5.41, 5.74) is 0.0991. The van der Waals surface area contributed by atoms with E-state index < -0.39 is 11.7 Å². The second-order valence-corrected chi connectivity index (χ2v) is 5.72. The number of halogens is 3. The molecule has 0 radical (unpaired) electrons. The van der Waals surface area contributed by atoms with E-state index in [9.17, 15) is 18.0 Å². The average molecular weight is 299 g/mol. The maximum Gasteiger partial charge on any atom is 0.416 e. The molecular formula is C14H12F3NOS. The predicted octanol–water partition coefficient (Wildman–Crippen LogP) is 4.20. The zero-order valence-electron chi connectivity index (χ0n) is 10.9. The van der Waals surface area contributed by atoms with Gasteiger partial charge in [-0.05, 0) is 26.0 Å². The van der Waals surface area contributed by atoms with Gasteiger partial charge in [-0.1, -0.05) is 12.1 Å². The van der Waals surface area contributed by atoms with Gasteiger partial charge in [-0.2, -0.15) is 13.2 Å². The highest BCUT2D eigenvalue weighted by molar-refractivity contribution is 7.11. The Bertz CT molecular complexity index is 627. The molecule has 1 heterocycles. The smallest absolute Gasteiger partial charge is 0.294 e. The van der Waals surface area contributed by atoms with Crippen LogP contribution in [-0.4, -0.2) is 10.8 Å². The van der Waals surface area contributed by atoms with Gasteiger partial charge < -0.3 is 0 Å². The quantitative estimate of drug-likeness (QED) is 0.795. The number of alkyl halides is 3. The van der Waals surface area contributed by atoms with Gasteiger partial charge in [0.2, 0.25) is 0 Å². The molecule has 0 N–H and O–H groups in total. The summed E-state index contributed by atoms with van der Waals surface area (Å²) in [6, 6.07) is 4.48. The summed E-state index contributed by atoms with van der Waals surface area (Å²) in [6.07, 6.45) is -4.41. The molecule has 0 aliphatic rings. The van der Waals surface area contributed by atoms with Crippen molar-refractivity contribution in [3.8, 4) is 0 Å². The molecule has 106 valence electrons. The van der Waals surface area contributed by atoms with Crippen LogP contribution >= 0.6 is 11.3 Å². The van der Waals surface area contributed by atoms with Crippen molar-refractivity contribution in [2.75, 3.05) is 0 Å². The Kier molecular flexibility index (Phi) is 3.94. The minimum absolute atomic E-state index is 0.0284. The Morgan fingerprint density at radius 2 is 2.00 bits per heavy atom. The summed E-state index contributed by atoms with van der Waals surface area (Å²) in [7, 11) is 0. The van der Waals surface area contributed by atoms with E-state index in [4.69, 9.17) is 0 Å². The van der Waals surface area contributed by atoms with Crippen LogP contribution in [0.15, 0.2) is 24.3 Å². The summed E-state index contributed by atoms with van der Waals surface area (Å²) in [6.45, 7) is 3.73. The fraction of sp³-hybridized carbons (Fsp3) is 0.286. The molecule has 0 bridgehead atoms. The molecule has 2 aromatic rings. The van der Waals surface area contributed by atoms with Gasteiger partial charge in [0.25, 0.3) is 0 Å². The molecule has 0 unspecified atom stereocenters. The largest absolute Gasteiger partial charge is 0.416 e. The Morgan fingerprint density at radius 3 is 2.55 bits per heavy atom. The minimum Gasteiger partial charge on any atom is -0.294 e. The lowest BCUT2D eigenvalue weighted by Crippen LogP contribution is -2.08. The van der Waals surface area contributed by atoms with Crippen LogP contribution in [0.1, 0.15) is 31.5 Å². The van der Waals surface area contributed by atoms with Crippen LogP contribution in [0, 0.1) is 13.8 Å². The molecule has 0 saturated carbocycles. The molecule has 0 atom stereocenters. The van der Waals surface area contributed by atoms with Crippen molar-refractivity contribution >= 4 is 17.1 Å². The lowest BCUT2D eigenvalue weighted by Gasteiger charge is -2.07. The first-order valence-electron chi connectivity index (χ1n) is 5.91. The lowest BCUT2D eigenvalue weighted by atomic mass is 10.1. The van der Waals surface area contributed by atoms with E-state index >= 15 is 0 Å². The van der Waals surface area contributed by atoms with Gasteiger partial charge in [0, 0.05) is 10.4 Å². The first-order chi connectivity index (χ1) is 9.27. The molecule has 0 spiro atoms. The number of thiazole rings is 1. The number of carbonyl (C=O) groups excluding carboxylic acids is 1. The van der Waals surface area contributed by atoms with Crippen molar-refractivity contribution in [2.45, 2.75) is 26.4 Å². The summed E-state index contributed by atoms with van der Waals surface area (Å²) in [5, 5.41) is 0.627.